The molecule has 4 unspecified atom stereocenters. The van der Waals surface area contributed by atoms with E-state index in [0.717, 1.165) is 0 Å². The van der Waals surface area contributed by atoms with Crippen LogP contribution in [0.1, 0.15) is 12.8 Å². The lowest BCUT2D eigenvalue weighted by atomic mass is 9.87. The molecule has 1 rings (SSSR count). The van der Waals surface area contributed by atoms with Crippen LogP contribution < -0.4 is 5.73 Å². The molecule has 6 heteroatoms. The predicted molar refractivity (Wildman–Crippen MR) is 42.2 cm³/mol. The molecule has 0 aliphatic heterocycles. The van der Waals surface area contributed by atoms with Crippen LogP contribution in [-0.4, -0.2) is 34.5 Å². The summed E-state index contributed by atoms with van der Waals surface area (Å²) in [5, 5.41) is 21.9. The number of aliphatic hydroxyl groups excluding tert-OH is 2. The highest BCUT2D eigenvalue weighted by Crippen LogP contribution is 2.21. The molecule has 12 heavy (non-hydrogen) atoms. The summed E-state index contributed by atoms with van der Waals surface area (Å²) < 4.78 is 0. The van der Waals surface area contributed by atoms with Crippen molar-refractivity contribution in [3.05, 3.63) is 10.4 Å². The summed E-state index contributed by atoms with van der Waals surface area (Å²) in [4.78, 5) is 2.57. The topological polar surface area (TPSA) is 115 Å². The molecule has 4 atom stereocenters. The Labute approximate surface area is 69.6 Å². The molecule has 0 saturated heterocycles. The van der Waals surface area contributed by atoms with E-state index in [9.17, 15) is 10.2 Å². The molecule has 0 spiro atoms. The SMILES string of the molecule is [N-]=[N+]=NC1C(O)CCC(O)C1N. The van der Waals surface area contributed by atoms with E-state index in [4.69, 9.17) is 11.3 Å². The van der Waals surface area contributed by atoms with Crippen molar-refractivity contribution in [3.8, 4) is 0 Å². The van der Waals surface area contributed by atoms with Crippen LogP contribution in [-0.2, 0) is 0 Å². The van der Waals surface area contributed by atoms with E-state index < -0.39 is 24.3 Å². The summed E-state index contributed by atoms with van der Waals surface area (Å²) in [5.41, 5.74) is 13.7. The Hall–Kier alpha value is -0.810. The molecule has 0 aromatic heterocycles. The normalized spacial score (nSPS) is 41.9. The van der Waals surface area contributed by atoms with Gasteiger partial charge in [0.1, 0.15) is 0 Å². The van der Waals surface area contributed by atoms with E-state index in [2.05, 4.69) is 10.0 Å². The van der Waals surface area contributed by atoms with E-state index in [1.165, 1.54) is 0 Å². The molecule has 1 aliphatic rings. The van der Waals surface area contributed by atoms with Crippen LogP contribution in [0.4, 0.5) is 0 Å². The molecule has 0 aromatic carbocycles. The minimum Gasteiger partial charge on any atom is -0.393 e. The first-order chi connectivity index (χ1) is 5.66. The predicted octanol–water partition coefficient (Wildman–Crippen LogP) is -0.492. The van der Waals surface area contributed by atoms with Crippen molar-refractivity contribution in [2.24, 2.45) is 10.8 Å². The second-order valence-corrected chi connectivity index (χ2v) is 2.98. The van der Waals surface area contributed by atoms with Gasteiger partial charge in [0.15, 0.2) is 0 Å². The van der Waals surface area contributed by atoms with Crippen molar-refractivity contribution in [1.29, 1.82) is 0 Å². The molecule has 0 amide bonds. The van der Waals surface area contributed by atoms with Gasteiger partial charge in [-0.1, -0.05) is 5.11 Å². The first-order valence-electron chi connectivity index (χ1n) is 3.82. The van der Waals surface area contributed by atoms with Crippen molar-refractivity contribution < 1.29 is 10.2 Å². The maximum atomic E-state index is 9.33. The van der Waals surface area contributed by atoms with Gasteiger partial charge in [0, 0.05) is 11.0 Å². The van der Waals surface area contributed by atoms with Crippen LogP contribution >= 0.6 is 0 Å². The Morgan fingerprint density at radius 3 is 2.50 bits per heavy atom. The first-order valence-corrected chi connectivity index (χ1v) is 3.82. The molecule has 0 radical (unpaired) electrons. The highest BCUT2D eigenvalue weighted by Gasteiger charge is 2.34. The monoisotopic (exact) mass is 172 g/mol. The van der Waals surface area contributed by atoms with Gasteiger partial charge in [0.2, 0.25) is 0 Å². The van der Waals surface area contributed by atoms with Gasteiger partial charge < -0.3 is 15.9 Å². The Balaban J connectivity index is 2.71. The second kappa shape index (κ2) is 3.73. The average molecular weight is 172 g/mol. The van der Waals surface area contributed by atoms with E-state index in [0.29, 0.717) is 12.8 Å². The van der Waals surface area contributed by atoms with Crippen LogP contribution in [0.15, 0.2) is 5.11 Å². The molecule has 1 saturated carbocycles. The summed E-state index contributed by atoms with van der Waals surface area (Å²) >= 11 is 0. The van der Waals surface area contributed by atoms with Crippen molar-refractivity contribution in [2.75, 3.05) is 0 Å². The summed E-state index contributed by atoms with van der Waals surface area (Å²) in [6.45, 7) is 0. The van der Waals surface area contributed by atoms with Crippen molar-refractivity contribution in [2.45, 2.75) is 37.1 Å². The van der Waals surface area contributed by atoms with Gasteiger partial charge in [-0.3, -0.25) is 0 Å². The number of nitrogens with zero attached hydrogens (tertiary/aromatic N) is 3. The summed E-state index contributed by atoms with van der Waals surface area (Å²) in [6.07, 6.45) is -0.513. The van der Waals surface area contributed by atoms with Crippen molar-refractivity contribution >= 4 is 0 Å². The largest absolute Gasteiger partial charge is 0.393 e. The Morgan fingerprint density at radius 2 is 1.92 bits per heavy atom. The number of hydrogen-bond donors (Lipinski definition) is 3. The van der Waals surface area contributed by atoms with Crippen LogP contribution in [0.25, 0.3) is 10.4 Å². The average Bonchev–Trinajstić information content (AvgIpc) is 2.06. The third-order valence-electron chi connectivity index (χ3n) is 2.18. The lowest BCUT2D eigenvalue weighted by molar-refractivity contribution is 0.0216. The van der Waals surface area contributed by atoms with Gasteiger partial charge in [-0.25, -0.2) is 0 Å². The third kappa shape index (κ3) is 1.67. The molecule has 0 bridgehead atoms. The summed E-state index contributed by atoms with van der Waals surface area (Å²) in [7, 11) is 0. The molecule has 0 heterocycles. The van der Waals surface area contributed by atoms with Crippen LogP contribution in [0.3, 0.4) is 0 Å². The summed E-state index contributed by atoms with van der Waals surface area (Å²) in [5.74, 6) is 0. The minimum absolute atomic E-state index is 0.429. The van der Waals surface area contributed by atoms with E-state index in [1.807, 2.05) is 0 Å². The fraction of sp³-hybridized carbons (Fsp3) is 1.00. The van der Waals surface area contributed by atoms with E-state index >= 15 is 0 Å². The molecule has 0 aromatic rings. The first kappa shape index (κ1) is 9.28. The zero-order valence-electron chi connectivity index (χ0n) is 6.54. The second-order valence-electron chi connectivity index (χ2n) is 2.98. The van der Waals surface area contributed by atoms with Gasteiger partial charge in [0.25, 0.3) is 0 Å². The highest BCUT2D eigenvalue weighted by atomic mass is 16.3. The number of nitrogens with two attached hydrogens (primary N) is 1. The molecule has 4 N–H and O–H groups in total. The fourth-order valence-corrected chi connectivity index (χ4v) is 1.40. The molecule has 68 valence electrons. The maximum Gasteiger partial charge on any atom is 0.0809 e. The quantitative estimate of drug-likeness (QED) is 0.281. The molecule has 6 nitrogen and oxygen atoms in total. The number of hydrogen-bond acceptors (Lipinski definition) is 4. The Kier molecular flexibility index (Phi) is 2.88. The summed E-state index contributed by atoms with van der Waals surface area (Å²) in [6, 6.07) is -1.34. The van der Waals surface area contributed by atoms with Gasteiger partial charge in [-0.05, 0) is 18.4 Å². The standard InChI is InChI=1S/C6H12N4O2/c7-5-3(11)1-2-4(12)6(5)9-10-8/h3-6,11-12H,1-2,7H2. The zero-order chi connectivity index (χ0) is 9.14. The third-order valence-corrected chi connectivity index (χ3v) is 2.18. The number of rotatable bonds is 1. The van der Waals surface area contributed by atoms with E-state index in [1.54, 1.807) is 0 Å². The van der Waals surface area contributed by atoms with E-state index in [-0.39, 0.29) is 0 Å². The maximum absolute atomic E-state index is 9.33. The fourth-order valence-electron chi connectivity index (χ4n) is 1.40. The lowest BCUT2D eigenvalue weighted by Gasteiger charge is -2.33. The van der Waals surface area contributed by atoms with Gasteiger partial charge in [-0.15, -0.1) is 0 Å². The van der Waals surface area contributed by atoms with Crippen LogP contribution in [0.2, 0.25) is 0 Å². The molecular weight excluding hydrogens is 160 g/mol. The van der Waals surface area contributed by atoms with Gasteiger partial charge in [-0.2, -0.15) is 0 Å². The van der Waals surface area contributed by atoms with Crippen molar-refractivity contribution in [3.63, 3.8) is 0 Å². The van der Waals surface area contributed by atoms with Crippen LogP contribution in [0.5, 0.6) is 0 Å². The lowest BCUT2D eigenvalue weighted by Crippen LogP contribution is -2.53. The van der Waals surface area contributed by atoms with Gasteiger partial charge >= 0.3 is 0 Å². The number of aliphatic hydroxyl groups is 2. The molecule has 1 fully saturated rings. The zero-order valence-corrected chi connectivity index (χ0v) is 6.54. The highest BCUT2D eigenvalue weighted by molar-refractivity contribution is 4.95. The molecule has 1 aliphatic carbocycles. The minimum atomic E-state index is -0.723. The van der Waals surface area contributed by atoms with Gasteiger partial charge in [0.05, 0.1) is 18.2 Å². The van der Waals surface area contributed by atoms with Crippen molar-refractivity contribution in [1.82, 2.24) is 0 Å². The number of azide groups is 1. The Morgan fingerprint density at radius 1 is 1.33 bits per heavy atom. The molecular formula is C6H12N4O2. The van der Waals surface area contributed by atoms with Crippen LogP contribution in [0, 0.1) is 0 Å². The smallest absolute Gasteiger partial charge is 0.0809 e. The Bertz CT molecular complexity index is 204.